The molecule has 1 atom stereocenters. The lowest BCUT2D eigenvalue weighted by Gasteiger charge is -2.38. The lowest BCUT2D eigenvalue weighted by Crippen LogP contribution is -2.45. The summed E-state index contributed by atoms with van der Waals surface area (Å²) in [6.45, 7) is 8.90. The Morgan fingerprint density at radius 1 is 1.64 bits per heavy atom. The third-order valence-electron chi connectivity index (χ3n) is 2.46. The molecule has 1 heterocycles. The third kappa shape index (κ3) is 3.50. The van der Waals surface area contributed by atoms with Crippen molar-refractivity contribution in [3.05, 3.63) is 0 Å². The van der Waals surface area contributed by atoms with Crippen LogP contribution in [0.2, 0.25) is 0 Å². The second-order valence-electron chi connectivity index (χ2n) is 4.58. The highest BCUT2D eigenvalue weighted by Gasteiger charge is 2.28. The Hall–Kier alpha value is -0.220. The van der Waals surface area contributed by atoms with Gasteiger partial charge in [-0.05, 0) is 13.8 Å². The van der Waals surface area contributed by atoms with Crippen molar-refractivity contribution in [3.63, 3.8) is 0 Å². The molecule has 0 aromatic heterocycles. The van der Waals surface area contributed by atoms with Crippen molar-refractivity contribution in [2.45, 2.75) is 25.5 Å². The Balaban J connectivity index is 2.42. The first-order valence-corrected chi connectivity index (χ1v) is 5.98. The molecule has 4 heteroatoms. The molecule has 82 valence electrons. The highest BCUT2D eigenvalue weighted by atomic mass is 32.2. The van der Waals surface area contributed by atoms with E-state index < -0.39 is 5.97 Å². The molecule has 1 rings (SSSR count). The fraction of sp³-hybridized carbons (Fsp3) is 0.900. The van der Waals surface area contributed by atoms with Gasteiger partial charge in [0.25, 0.3) is 0 Å². The molecule has 1 unspecified atom stereocenters. The zero-order chi connectivity index (χ0) is 10.8. The zero-order valence-electron chi connectivity index (χ0n) is 9.12. The van der Waals surface area contributed by atoms with E-state index in [0.717, 1.165) is 18.8 Å². The molecule has 0 radical (unpaired) electrons. The summed E-state index contributed by atoms with van der Waals surface area (Å²) in [6, 6.07) is 0. The highest BCUT2D eigenvalue weighted by Crippen LogP contribution is 2.29. The van der Waals surface area contributed by atoms with Gasteiger partial charge in [-0.3, -0.25) is 4.79 Å². The summed E-state index contributed by atoms with van der Waals surface area (Å²) in [7, 11) is 0. The number of aliphatic carboxylic acids is 1. The third-order valence-corrected chi connectivity index (χ3v) is 3.76. The van der Waals surface area contributed by atoms with E-state index in [4.69, 9.17) is 5.11 Å². The molecule has 0 aliphatic carbocycles. The van der Waals surface area contributed by atoms with Gasteiger partial charge >= 0.3 is 5.97 Å². The van der Waals surface area contributed by atoms with E-state index in [0.29, 0.717) is 6.54 Å². The molecular formula is C10H19NO2S. The molecule has 0 aromatic rings. The average molecular weight is 217 g/mol. The molecular weight excluding hydrogens is 198 g/mol. The molecule has 0 spiro atoms. The van der Waals surface area contributed by atoms with Crippen LogP contribution in [0.15, 0.2) is 0 Å². The van der Waals surface area contributed by atoms with Crippen LogP contribution in [0.25, 0.3) is 0 Å². The molecule has 0 saturated carbocycles. The van der Waals surface area contributed by atoms with Gasteiger partial charge in [0, 0.05) is 30.1 Å². The maximum atomic E-state index is 10.7. The molecule has 1 saturated heterocycles. The number of carboxylic acid groups (broad SMARTS) is 1. The number of rotatable bonds is 3. The number of carbonyl (C=O) groups is 1. The Morgan fingerprint density at radius 2 is 2.29 bits per heavy atom. The molecule has 1 aliphatic rings. The topological polar surface area (TPSA) is 40.5 Å². The molecule has 1 aliphatic heterocycles. The molecule has 1 N–H and O–H groups in total. The highest BCUT2D eigenvalue weighted by molar-refractivity contribution is 8.00. The van der Waals surface area contributed by atoms with E-state index in [-0.39, 0.29) is 10.7 Å². The number of nitrogens with zero attached hydrogens (tertiary/aromatic N) is 1. The van der Waals surface area contributed by atoms with Gasteiger partial charge in [0.15, 0.2) is 0 Å². The van der Waals surface area contributed by atoms with Crippen molar-refractivity contribution >= 4 is 17.7 Å². The summed E-state index contributed by atoms with van der Waals surface area (Å²) in [5.74, 6) is 0.161. The smallest absolute Gasteiger partial charge is 0.307 e. The fourth-order valence-electron chi connectivity index (χ4n) is 1.74. The van der Waals surface area contributed by atoms with Crippen LogP contribution in [-0.2, 0) is 4.79 Å². The molecule has 0 bridgehead atoms. The van der Waals surface area contributed by atoms with Gasteiger partial charge < -0.3 is 10.0 Å². The average Bonchev–Trinajstić information content (AvgIpc) is 2.01. The lowest BCUT2D eigenvalue weighted by molar-refractivity contribution is -0.141. The first-order chi connectivity index (χ1) is 6.41. The zero-order valence-corrected chi connectivity index (χ0v) is 9.93. The van der Waals surface area contributed by atoms with Gasteiger partial charge in [-0.25, -0.2) is 0 Å². The molecule has 0 aromatic carbocycles. The van der Waals surface area contributed by atoms with Crippen LogP contribution in [0.3, 0.4) is 0 Å². The van der Waals surface area contributed by atoms with Crippen LogP contribution in [0.4, 0.5) is 0 Å². The van der Waals surface area contributed by atoms with E-state index in [1.54, 1.807) is 6.92 Å². The van der Waals surface area contributed by atoms with Gasteiger partial charge in [-0.1, -0.05) is 6.92 Å². The van der Waals surface area contributed by atoms with Gasteiger partial charge in [-0.2, -0.15) is 11.8 Å². The van der Waals surface area contributed by atoms with Crippen LogP contribution in [0.1, 0.15) is 20.8 Å². The first kappa shape index (κ1) is 11.9. The Kier molecular flexibility index (Phi) is 3.84. The maximum Gasteiger partial charge on any atom is 0.307 e. The predicted octanol–water partition coefficient (Wildman–Crippen LogP) is 1.53. The van der Waals surface area contributed by atoms with E-state index in [2.05, 4.69) is 18.7 Å². The summed E-state index contributed by atoms with van der Waals surface area (Å²) >= 11 is 1.97. The SMILES string of the molecule is CC(CN1CCSC(C)(C)C1)C(=O)O. The molecule has 0 amide bonds. The van der Waals surface area contributed by atoms with E-state index in [9.17, 15) is 4.79 Å². The Labute approximate surface area is 89.9 Å². The van der Waals surface area contributed by atoms with E-state index in [1.165, 1.54) is 0 Å². The van der Waals surface area contributed by atoms with Gasteiger partial charge in [0.2, 0.25) is 0 Å². The van der Waals surface area contributed by atoms with Crippen LogP contribution in [0, 0.1) is 5.92 Å². The van der Waals surface area contributed by atoms with Crippen molar-refractivity contribution in [2.24, 2.45) is 5.92 Å². The minimum atomic E-state index is -0.693. The Morgan fingerprint density at radius 3 is 2.79 bits per heavy atom. The minimum absolute atomic E-state index is 0.256. The fourth-order valence-corrected chi connectivity index (χ4v) is 2.91. The minimum Gasteiger partial charge on any atom is -0.481 e. The second-order valence-corrected chi connectivity index (χ2v) is 6.38. The van der Waals surface area contributed by atoms with Crippen LogP contribution in [0.5, 0.6) is 0 Å². The van der Waals surface area contributed by atoms with Crippen molar-refractivity contribution in [1.29, 1.82) is 0 Å². The molecule has 3 nitrogen and oxygen atoms in total. The van der Waals surface area contributed by atoms with Gasteiger partial charge in [-0.15, -0.1) is 0 Å². The standard InChI is InChI=1S/C10H19NO2S/c1-8(9(12)13)6-11-4-5-14-10(2,3)7-11/h8H,4-7H2,1-3H3,(H,12,13). The molecule has 1 fully saturated rings. The quantitative estimate of drug-likeness (QED) is 0.778. The second kappa shape index (κ2) is 4.53. The first-order valence-electron chi connectivity index (χ1n) is 5.00. The summed E-state index contributed by atoms with van der Waals surface area (Å²) in [6.07, 6.45) is 0. The van der Waals surface area contributed by atoms with E-state index in [1.807, 2.05) is 11.8 Å². The lowest BCUT2D eigenvalue weighted by atomic mass is 10.1. The summed E-state index contributed by atoms with van der Waals surface area (Å²) in [5, 5.41) is 8.81. The number of carboxylic acids is 1. The Bertz CT molecular complexity index is 218. The number of hydrogen-bond acceptors (Lipinski definition) is 3. The summed E-state index contributed by atoms with van der Waals surface area (Å²) in [5.41, 5.74) is 0. The number of hydrogen-bond donors (Lipinski definition) is 1. The van der Waals surface area contributed by atoms with Crippen LogP contribution < -0.4 is 0 Å². The monoisotopic (exact) mass is 217 g/mol. The van der Waals surface area contributed by atoms with Crippen LogP contribution in [-0.4, -0.2) is 46.1 Å². The van der Waals surface area contributed by atoms with Crippen molar-refractivity contribution in [2.75, 3.05) is 25.4 Å². The molecule has 14 heavy (non-hydrogen) atoms. The largest absolute Gasteiger partial charge is 0.481 e. The van der Waals surface area contributed by atoms with Crippen molar-refractivity contribution in [1.82, 2.24) is 4.90 Å². The van der Waals surface area contributed by atoms with E-state index >= 15 is 0 Å². The summed E-state index contributed by atoms with van der Waals surface area (Å²) < 4.78 is 0.274. The van der Waals surface area contributed by atoms with Gasteiger partial charge in [0.05, 0.1) is 5.92 Å². The normalized spacial score (nSPS) is 24.5. The maximum absolute atomic E-state index is 10.7. The predicted molar refractivity (Wildman–Crippen MR) is 59.8 cm³/mol. The van der Waals surface area contributed by atoms with Gasteiger partial charge in [0.1, 0.15) is 0 Å². The van der Waals surface area contributed by atoms with Crippen LogP contribution >= 0.6 is 11.8 Å². The number of thioether (sulfide) groups is 1. The summed E-state index contributed by atoms with van der Waals surface area (Å²) in [4.78, 5) is 13.0. The van der Waals surface area contributed by atoms with Crippen molar-refractivity contribution in [3.8, 4) is 0 Å². The van der Waals surface area contributed by atoms with Crippen molar-refractivity contribution < 1.29 is 9.90 Å².